The van der Waals surface area contributed by atoms with Crippen LogP contribution in [0.3, 0.4) is 0 Å². The first-order valence-electron chi connectivity index (χ1n) is 10.2. The minimum absolute atomic E-state index is 0.0980. The molecule has 2 aliphatic heterocycles. The maximum atomic E-state index is 13.2. The smallest absolute Gasteiger partial charge is 0.258 e. The average Bonchev–Trinajstić information content (AvgIpc) is 3.24. The number of para-hydroxylation sites is 2. The van der Waals surface area contributed by atoms with Gasteiger partial charge in [0, 0.05) is 52.4 Å². The molecule has 7 heteroatoms. The first-order valence-corrected chi connectivity index (χ1v) is 10.2. The Hall–Kier alpha value is -2.93. The number of benzene rings is 1. The zero-order chi connectivity index (χ0) is 20.0. The maximum absolute atomic E-state index is 13.2. The summed E-state index contributed by atoms with van der Waals surface area (Å²) in [4.78, 5) is 29.0. The molecule has 3 aromatic rings. The highest BCUT2D eigenvalue weighted by molar-refractivity contribution is 6.03. The number of anilines is 1. The molecule has 1 saturated heterocycles. The van der Waals surface area contributed by atoms with Crippen LogP contribution in [0, 0.1) is 0 Å². The van der Waals surface area contributed by atoms with Crippen molar-refractivity contribution in [3.8, 4) is 0 Å². The van der Waals surface area contributed by atoms with E-state index in [9.17, 15) is 4.79 Å². The van der Waals surface area contributed by atoms with Crippen LogP contribution in [0.25, 0.3) is 11.0 Å². The Balaban J connectivity index is 1.34. The lowest BCUT2D eigenvalue weighted by molar-refractivity contribution is 0.0779. The fourth-order valence-electron chi connectivity index (χ4n) is 4.40. The molecule has 0 saturated carbocycles. The molecule has 0 spiro atoms. The second-order valence-electron chi connectivity index (χ2n) is 7.99. The van der Waals surface area contributed by atoms with Gasteiger partial charge in [0.2, 0.25) is 0 Å². The van der Waals surface area contributed by atoms with Crippen LogP contribution in [0.1, 0.15) is 21.9 Å². The number of imidazole rings is 1. The van der Waals surface area contributed by atoms with E-state index < -0.39 is 0 Å². The highest BCUT2D eigenvalue weighted by Crippen LogP contribution is 2.31. The zero-order valence-corrected chi connectivity index (χ0v) is 17.0. The predicted octanol–water partition coefficient (Wildman–Crippen LogP) is 1.92. The van der Waals surface area contributed by atoms with Crippen molar-refractivity contribution in [2.24, 2.45) is 7.05 Å². The van der Waals surface area contributed by atoms with Gasteiger partial charge < -0.3 is 19.3 Å². The monoisotopic (exact) mass is 390 g/mol. The van der Waals surface area contributed by atoms with Crippen molar-refractivity contribution in [1.29, 1.82) is 0 Å². The second-order valence-corrected chi connectivity index (χ2v) is 7.99. The average molecular weight is 390 g/mol. The van der Waals surface area contributed by atoms with Gasteiger partial charge in [0.1, 0.15) is 5.82 Å². The SMILES string of the molecule is CN1CCN(c2ccnc3c2C(=O)N(CCc2nc4ccccc4n2C)C3)CC1. The molecule has 2 aliphatic rings. The largest absolute Gasteiger partial charge is 0.368 e. The van der Waals surface area contributed by atoms with E-state index in [2.05, 4.69) is 32.5 Å². The predicted molar refractivity (Wildman–Crippen MR) is 113 cm³/mol. The van der Waals surface area contributed by atoms with Crippen LogP contribution in [-0.2, 0) is 20.0 Å². The van der Waals surface area contributed by atoms with Gasteiger partial charge in [-0.25, -0.2) is 4.98 Å². The van der Waals surface area contributed by atoms with Gasteiger partial charge in [0.15, 0.2) is 0 Å². The molecule has 0 N–H and O–H groups in total. The van der Waals surface area contributed by atoms with Crippen LogP contribution in [0.15, 0.2) is 36.5 Å². The highest BCUT2D eigenvalue weighted by Gasteiger charge is 2.33. The van der Waals surface area contributed by atoms with Crippen molar-refractivity contribution >= 4 is 22.6 Å². The van der Waals surface area contributed by atoms with Gasteiger partial charge >= 0.3 is 0 Å². The summed E-state index contributed by atoms with van der Waals surface area (Å²) in [6, 6.07) is 10.1. The van der Waals surface area contributed by atoms with Gasteiger partial charge in [-0.3, -0.25) is 9.78 Å². The number of aryl methyl sites for hydroxylation is 1. The molecule has 1 amide bonds. The number of fused-ring (bicyclic) bond motifs is 2. The van der Waals surface area contributed by atoms with Gasteiger partial charge in [0.05, 0.1) is 34.5 Å². The molecule has 29 heavy (non-hydrogen) atoms. The van der Waals surface area contributed by atoms with E-state index in [0.717, 1.165) is 66.4 Å². The number of nitrogens with zero attached hydrogens (tertiary/aromatic N) is 6. The minimum atomic E-state index is 0.0980. The van der Waals surface area contributed by atoms with E-state index in [1.165, 1.54) is 0 Å². The number of rotatable bonds is 4. The fraction of sp³-hybridized carbons (Fsp3) is 0.409. The minimum Gasteiger partial charge on any atom is -0.368 e. The van der Waals surface area contributed by atoms with Crippen LogP contribution in [0.2, 0.25) is 0 Å². The van der Waals surface area contributed by atoms with E-state index >= 15 is 0 Å². The molecule has 0 radical (unpaired) electrons. The van der Waals surface area contributed by atoms with Crippen LogP contribution in [-0.4, -0.2) is 70.0 Å². The Morgan fingerprint density at radius 3 is 2.62 bits per heavy atom. The summed E-state index contributed by atoms with van der Waals surface area (Å²) >= 11 is 0. The topological polar surface area (TPSA) is 57.5 Å². The molecule has 1 aromatic carbocycles. The first kappa shape index (κ1) is 18.1. The maximum Gasteiger partial charge on any atom is 0.258 e. The summed E-state index contributed by atoms with van der Waals surface area (Å²) in [6.07, 6.45) is 2.57. The van der Waals surface area contributed by atoms with Crippen molar-refractivity contribution in [3.63, 3.8) is 0 Å². The summed E-state index contributed by atoms with van der Waals surface area (Å²) < 4.78 is 2.12. The third-order valence-electron chi connectivity index (χ3n) is 6.18. The molecular formula is C22H26N6O. The summed E-state index contributed by atoms with van der Waals surface area (Å²) in [6.45, 7) is 5.15. The van der Waals surface area contributed by atoms with E-state index in [-0.39, 0.29) is 5.91 Å². The molecule has 0 unspecified atom stereocenters. The number of aromatic nitrogens is 3. The first-order chi connectivity index (χ1) is 14.1. The number of likely N-dealkylation sites (N-methyl/N-ethyl adjacent to an activating group) is 1. The van der Waals surface area contributed by atoms with Crippen LogP contribution < -0.4 is 4.90 Å². The molecule has 2 aromatic heterocycles. The van der Waals surface area contributed by atoms with Crippen LogP contribution in [0.5, 0.6) is 0 Å². The zero-order valence-electron chi connectivity index (χ0n) is 17.0. The normalized spacial score (nSPS) is 17.4. The van der Waals surface area contributed by atoms with Crippen LogP contribution in [0.4, 0.5) is 5.69 Å². The Labute approximate surface area is 170 Å². The van der Waals surface area contributed by atoms with Crippen molar-refractivity contribution in [2.75, 3.05) is 44.7 Å². The molecule has 0 bridgehead atoms. The fourth-order valence-corrected chi connectivity index (χ4v) is 4.40. The number of amides is 1. The quantitative estimate of drug-likeness (QED) is 0.681. The lowest BCUT2D eigenvalue weighted by atomic mass is 10.1. The van der Waals surface area contributed by atoms with Gasteiger partial charge in [-0.05, 0) is 25.2 Å². The number of hydrogen-bond acceptors (Lipinski definition) is 5. The number of hydrogen-bond donors (Lipinski definition) is 0. The number of carbonyl (C=O) groups excluding carboxylic acids is 1. The molecule has 0 aliphatic carbocycles. The Bertz CT molecular complexity index is 1070. The van der Waals surface area contributed by atoms with Gasteiger partial charge in [0.25, 0.3) is 5.91 Å². The summed E-state index contributed by atoms with van der Waals surface area (Å²) in [5, 5.41) is 0. The lowest BCUT2D eigenvalue weighted by Gasteiger charge is -2.34. The number of carbonyl (C=O) groups is 1. The van der Waals surface area contributed by atoms with E-state index in [1.807, 2.05) is 42.4 Å². The van der Waals surface area contributed by atoms with Crippen molar-refractivity contribution < 1.29 is 4.79 Å². The van der Waals surface area contributed by atoms with Crippen molar-refractivity contribution in [2.45, 2.75) is 13.0 Å². The third-order valence-corrected chi connectivity index (χ3v) is 6.18. The molecular weight excluding hydrogens is 364 g/mol. The van der Waals surface area contributed by atoms with E-state index in [1.54, 1.807) is 0 Å². The highest BCUT2D eigenvalue weighted by atomic mass is 16.2. The van der Waals surface area contributed by atoms with Crippen molar-refractivity contribution in [1.82, 2.24) is 24.3 Å². The second kappa shape index (κ2) is 7.15. The van der Waals surface area contributed by atoms with Crippen molar-refractivity contribution in [3.05, 3.63) is 53.6 Å². The van der Waals surface area contributed by atoms with E-state index in [4.69, 9.17) is 4.98 Å². The number of piperazine rings is 1. The van der Waals surface area contributed by atoms with Gasteiger partial charge in [-0.1, -0.05) is 12.1 Å². The molecule has 0 atom stereocenters. The Morgan fingerprint density at radius 2 is 1.83 bits per heavy atom. The Kier molecular flexibility index (Phi) is 4.47. The molecule has 1 fully saturated rings. The third kappa shape index (κ3) is 3.15. The molecule has 5 rings (SSSR count). The summed E-state index contributed by atoms with van der Waals surface area (Å²) in [5.41, 5.74) is 4.86. The standard InChI is InChI=1S/C22H26N6O/c1-25-11-13-27(14-12-25)19-7-9-23-17-15-28(22(29)21(17)19)10-8-20-24-16-5-3-4-6-18(16)26(20)2/h3-7,9H,8,10-15H2,1-2H3. The Morgan fingerprint density at radius 1 is 1.03 bits per heavy atom. The summed E-state index contributed by atoms with van der Waals surface area (Å²) in [7, 11) is 4.18. The molecule has 7 nitrogen and oxygen atoms in total. The van der Waals surface area contributed by atoms with Gasteiger partial charge in [-0.15, -0.1) is 0 Å². The lowest BCUT2D eigenvalue weighted by Crippen LogP contribution is -2.45. The molecule has 150 valence electrons. The summed E-state index contributed by atoms with van der Waals surface area (Å²) in [5.74, 6) is 1.10. The number of pyridine rings is 1. The molecule has 4 heterocycles. The van der Waals surface area contributed by atoms with Gasteiger partial charge in [-0.2, -0.15) is 0 Å². The van der Waals surface area contributed by atoms with Crippen LogP contribution >= 0.6 is 0 Å². The van der Waals surface area contributed by atoms with E-state index in [0.29, 0.717) is 13.1 Å².